The first-order valence-corrected chi connectivity index (χ1v) is 9.58. The van der Waals surface area contributed by atoms with E-state index in [0.717, 1.165) is 38.1 Å². The van der Waals surface area contributed by atoms with Crippen LogP contribution in [0.3, 0.4) is 0 Å². The van der Waals surface area contributed by atoms with Gasteiger partial charge < -0.3 is 20.3 Å². The lowest BCUT2D eigenvalue weighted by Gasteiger charge is -2.31. The molecule has 0 unspecified atom stereocenters. The van der Waals surface area contributed by atoms with Crippen molar-refractivity contribution in [3.63, 3.8) is 0 Å². The summed E-state index contributed by atoms with van der Waals surface area (Å²) in [6.07, 6.45) is 9.22. The van der Waals surface area contributed by atoms with Gasteiger partial charge in [-0.1, -0.05) is 19.3 Å². The second-order valence-corrected chi connectivity index (χ2v) is 6.98. The summed E-state index contributed by atoms with van der Waals surface area (Å²) < 4.78 is 5.17. The van der Waals surface area contributed by atoms with Gasteiger partial charge in [0.2, 0.25) is 0 Å². The summed E-state index contributed by atoms with van der Waals surface area (Å²) in [5, 5.41) is 7.06. The predicted molar refractivity (Wildman–Crippen MR) is 97.0 cm³/mol. The van der Waals surface area contributed by atoms with Gasteiger partial charge in [-0.3, -0.25) is 4.99 Å². The summed E-state index contributed by atoms with van der Waals surface area (Å²) in [5.41, 5.74) is 0. The van der Waals surface area contributed by atoms with Gasteiger partial charge in [0.05, 0.1) is 6.61 Å². The largest absolute Gasteiger partial charge is 0.383 e. The van der Waals surface area contributed by atoms with Gasteiger partial charge in [0.1, 0.15) is 0 Å². The Labute approximate surface area is 142 Å². The molecule has 2 fully saturated rings. The van der Waals surface area contributed by atoms with Crippen LogP contribution in [-0.2, 0) is 4.74 Å². The van der Waals surface area contributed by atoms with Gasteiger partial charge in [0, 0.05) is 32.8 Å². The summed E-state index contributed by atoms with van der Waals surface area (Å²) in [5.74, 6) is 1.76. The number of aliphatic imine (C=N–C) groups is 1. The zero-order valence-electron chi connectivity index (χ0n) is 15.1. The van der Waals surface area contributed by atoms with Crippen LogP contribution in [0.1, 0.15) is 51.9 Å². The van der Waals surface area contributed by atoms with Crippen molar-refractivity contribution in [3.05, 3.63) is 0 Å². The van der Waals surface area contributed by atoms with Crippen molar-refractivity contribution < 1.29 is 4.74 Å². The van der Waals surface area contributed by atoms with Gasteiger partial charge in [0.25, 0.3) is 0 Å². The number of ether oxygens (including phenoxy) is 1. The number of hydrogen-bond donors (Lipinski definition) is 2. The molecule has 1 saturated heterocycles. The lowest BCUT2D eigenvalue weighted by molar-refractivity contribution is 0.121. The van der Waals surface area contributed by atoms with Gasteiger partial charge in [-0.15, -0.1) is 0 Å². The first-order valence-electron chi connectivity index (χ1n) is 9.58. The molecule has 2 N–H and O–H groups in total. The standard InChI is InChI=1S/C18H36N4O/c1-3-19-18(21-17-7-5-4-6-8-17)20-15-16-9-11-22(12-10-16)13-14-23-2/h16-17H,3-15H2,1-2H3,(H2,19,20,21). The molecule has 134 valence electrons. The minimum absolute atomic E-state index is 0.623. The van der Waals surface area contributed by atoms with E-state index in [0.29, 0.717) is 6.04 Å². The Morgan fingerprint density at radius 2 is 1.87 bits per heavy atom. The highest BCUT2D eigenvalue weighted by Gasteiger charge is 2.19. The molecule has 0 aromatic carbocycles. The van der Waals surface area contributed by atoms with Crippen LogP contribution < -0.4 is 10.6 Å². The van der Waals surface area contributed by atoms with Gasteiger partial charge in [0.15, 0.2) is 5.96 Å². The van der Waals surface area contributed by atoms with E-state index < -0.39 is 0 Å². The third-order valence-corrected chi connectivity index (χ3v) is 5.12. The molecule has 0 amide bonds. The molecule has 5 heteroatoms. The van der Waals surface area contributed by atoms with Gasteiger partial charge >= 0.3 is 0 Å². The fraction of sp³-hybridized carbons (Fsp3) is 0.944. The van der Waals surface area contributed by atoms with E-state index in [-0.39, 0.29) is 0 Å². The third-order valence-electron chi connectivity index (χ3n) is 5.12. The lowest BCUT2D eigenvalue weighted by Crippen LogP contribution is -2.44. The van der Waals surface area contributed by atoms with Crippen LogP contribution in [-0.4, -0.2) is 63.3 Å². The Morgan fingerprint density at radius 3 is 2.52 bits per heavy atom. The molecule has 5 nitrogen and oxygen atoms in total. The number of likely N-dealkylation sites (tertiary alicyclic amines) is 1. The monoisotopic (exact) mass is 324 g/mol. The number of nitrogens with zero attached hydrogens (tertiary/aromatic N) is 2. The van der Waals surface area contributed by atoms with E-state index in [1.54, 1.807) is 7.11 Å². The van der Waals surface area contributed by atoms with Crippen LogP contribution in [0.4, 0.5) is 0 Å². The zero-order chi connectivity index (χ0) is 16.3. The Hall–Kier alpha value is -0.810. The molecule has 0 spiro atoms. The summed E-state index contributed by atoms with van der Waals surface area (Å²) in [6.45, 7) is 8.34. The van der Waals surface area contributed by atoms with Crippen LogP contribution in [0.15, 0.2) is 4.99 Å². The van der Waals surface area contributed by atoms with Crippen molar-refractivity contribution in [2.45, 2.75) is 57.9 Å². The summed E-state index contributed by atoms with van der Waals surface area (Å²) in [4.78, 5) is 7.38. The number of piperidine rings is 1. The lowest BCUT2D eigenvalue weighted by atomic mass is 9.95. The quantitative estimate of drug-likeness (QED) is 0.557. The third kappa shape index (κ3) is 7.08. The number of rotatable bonds is 7. The molecular formula is C18H36N4O. The van der Waals surface area contributed by atoms with Crippen LogP contribution in [0.25, 0.3) is 0 Å². The molecule has 1 aliphatic carbocycles. The van der Waals surface area contributed by atoms with Crippen molar-refractivity contribution in [3.8, 4) is 0 Å². The molecule has 0 aromatic rings. The highest BCUT2D eigenvalue weighted by molar-refractivity contribution is 5.80. The van der Waals surface area contributed by atoms with Crippen molar-refractivity contribution in [1.82, 2.24) is 15.5 Å². The van der Waals surface area contributed by atoms with Crippen molar-refractivity contribution in [2.75, 3.05) is 46.4 Å². The average molecular weight is 325 g/mol. The molecule has 1 saturated carbocycles. The first-order chi connectivity index (χ1) is 11.3. The van der Waals surface area contributed by atoms with Crippen LogP contribution in [0.5, 0.6) is 0 Å². The number of guanidine groups is 1. The maximum absolute atomic E-state index is 5.17. The molecule has 0 bridgehead atoms. The smallest absolute Gasteiger partial charge is 0.191 e. The van der Waals surface area contributed by atoms with Crippen LogP contribution >= 0.6 is 0 Å². The van der Waals surface area contributed by atoms with Crippen LogP contribution in [0.2, 0.25) is 0 Å². The second kappa shape index (κ2) is 10.9. The van der Waals surface area contributed by atoms with Gasteiger partial charge in [-0.2, -0.15) is 0 Å². The molecular weight excluding hydrogens is 288 g/mol. The average Bonchev–Trinajstić information content (AvgIpc) is 2.60. The molecule has 23 heavy (non-hydrogen) atoms. The first kappa shape index (κ1) is 18.5. The second-order valence-electron chi connectivity index (χ2n) is 6.98. The Morgan fingerprint density at radius 1 is 1.13 bits per heavy atom. The molecule has 2 aliphatic rings. The Balaban J connectivity index is 1.72. The fourth-order valence-corrected chi connectivity index (χ4v) is 3.59. The minimum atomic E-state index is 0.623. The van der Waals surface area contributed by atoms with E-state index in [1.807, 2.05) is 0 Å². The van der Waals surface area contributed by atoms with Crippen molar-refractivity contribution in [2.24, 2.45) is 10.9 Å². The van der Waals surface area contributed by atoms with E-state index >= 15 is 0 Å². The molecule has 1 heterocycles. The van der Waals surface area contributed by atoms with Gasteiger partial charge in [-0.05, 0) is 51.6 Å². The topological polar surface area (TPSA) is 48.9 Å². The van der Waals surface area contributed by atoms with Crippen LogP contribution in [0, 0.1) is 5.92 Å². The zero-order valence-corrected chi connectivity index (χ0v) is 15.1. The molecule has 1 aliphatic heterocycles. The number of methoxy groups -OCH3 is 1. The predicted octanol–water partition coefficient (Wildman–Crippen LogP) is 2.23. The van der Waals surface area contributed by atoms with Crippen molar-refractivity contribution in [1.29, 1.82) is 0 Å². The SMILES string of the molecule is CCNC(=NCC1CCN(CCOC)CC1)NC1CCCCC1. The van der Waals surface area contributed by atoms with E-state index in [2.05, 4.69) is 22.5 Å². The number of nitrogens with one attached hydrogen (secondary N) is 2. The van der Waals surface area contributed by atoms with E-state index in [1.165, 1.54) is 58.0 Å². The maximum atomic E-state index is 5.17. The summed E-state index contributed by atoms with van der Waals surface area (Å²) >= 11 is 0. The minimum Gasteiger partial charge on any atom is -0.383 e. The Bertz CT molecular complexity index is 334. The summed E-state index contributed by atoms with van der Waals surface area (Å²) in [7, 11) is 1.78. The molecule has 2 rings (SSSR count). The van der Waals surface area contributed by atoms with E-state index in [4.69, 9.17) is 9.73 Å². The maximum Gasteiger partial charge on any atom is 0.191 e. The molecule has 0 radical (unpaired) electrons. The molecule has 0 aromatic heterocycles. The normalized spacial score (nSPS) is 22.3. The summed E-state index contributed by atoms with van der Waals surface area (Å²) in [6, 6.07) is 0.623. The Kier molecular flexibility index (Phi) is 8.76. The fourth-order valence-electron chi connectivity index (χ4n) is 3.59. The highest BCUT2D eigenvalue weighted by Crippen LogP contribution is 2.18. The highest BCUT2D eigenvalue weighted by atomic mass is 16.5. The van der Waals surface area contributed by atoms with Gasteiger partial charge in [-0.25, -0.2) is 0 Å². The van der Waals surface area contributed by atoms with E-state index in [9.17, 15) is 0 Å². The molecule has 0 atom stereocenters. The number of hydrogen-bond acceptors (Lipinski definition) is 3. The van der Waals surface area contributed by atoms with Crippen molar-refractivity contribution >= 4 is 5.96 Å².